The molecule has 0 amide bonds. The lowest BCUT2D eigenvalue weighted by molar-refractivity contribution is -0.120. The maximum absolute atomic E-state index is 14.7. The molecule has 184 valence electrons. The van der Waals surface area contributed by atoms with Crippen molar-refractivity contribution in [3.63, 3.8) is 0 Å². The zero-order chi connectivity index (χ0) is 24.9. The highest BCUT2D eigenvalue weighted by atomic mass is 19.3. The minimum atomic E-state index is -3.10. The van der Waals surface area contributed by atoms with Gasteiger partial charge in [-0.15, -0.1) is 6.58 Å². The number of alkyl halides is 2. The number of hydrogen-bond acceptors (Lipinski definition) is 6. The molecular weight excluding hydrogens is 447 g/mol. The van der Waals surface area contributed by atoms with E-state index in [1.54, 1.807) is 4.90 Å². The zero-order valence-corrected chi connectivity index (χ0v) is 19.7. The number of allylic oxidation sites excluding steroid dienone is 1. The molecular formula is C25H30F3N3O3. The van der Waals surface area contributed by atoms with Crippen LogP contribution in [0, 0.1) is 5.82 Å². The Labute approximate surface area is 197 Å². The van der Waals surface area contributed by atoms with E-state index < -0.39 is 24.2 Å². The first-order chi connectivity index (χ1) is 16.0. The number of Topliss-reactive ketones (excluding diaryl/α,β-unsaturated/α-hetero) is 1. The zero-order valence-electron chi connectivity index (χ0n) is 19.7. The highest BCUT2D eigenvalue weighted by Gasteiger charge is 2.30. The molecule has 0 saturated carbocycles. The Bertz CT molecular complexity index is 1010. The molecule has 2 aromatic rings. The standard InChI is InChI=1S/C25H30F3N3O3/c1-16(2)5-10-21(32)17(3)18-6-8-19(9-7-18)34-20-11-12-31(13-20)23-22(26)24(30-15-29-23)33-14-25(4,27)28/h6-9,15,17,20H,1,5,10-14H2,2-4H3/t17?,20-/m1/s1. The van der Waals surface area contributed by atoms with Crippen LogP contribution in [0.15, 0.2) is 42.7 Å². The monoisotopic (exact) mass is 477 g/mol. The van der Waals surface area contributed by atoms with E-state index in [1.165, 1.54) is 0 Å². The number of anilines is 1. The predicted molar refractivity (Wildman–Crippen MR) is 123 cm³/mol. The van der Waals surface area contributed by atoms with Crippen LogP contribution < -0.4 is 14.4 Å². The Morgan fingerprint density at radius 1 is 1.26 bits per heavy atom. The van der Waals surface area contributed by atoms with Gasteiger partial charge in [0.05, 0.1) is 6.54 Å². The van der Waals surface area contributed by atoms with E-state index in [2.05, 4.69) is 16.5 Å². The fraction of sp³-hybridized carbons (Fsp3) is 0.480. The first kappa shape index (κ1) is 25.5. The van der Waals surface area contributed by atoms with Crippen LogP contribution in [0.25, 0.3) is 0 Å². The summed E-state index contributed by atoms with van der Waals surface area (Å²) in [6.07, 6.45) is 2.67. The van der Waals surface area contributed by atoms with Crippen LogP contribution in [0.2, 0.25) is 0 Å². The molecule has 1 unspecified atom stereocenters. The van der Waals surface area contributed by atoms with E-state index in [4.69, 9.17) is 9.47 Å². The van der Waals surface area contributed by atoms with Crippen LogP contribution in [0.4, 0.5) is 19.0 Å². The van der Waals surface area contributed by atoms with Crippen LogP contribution in [0.5, 0.6) is 11.6 Å². The van der Waals surface area contributed by atoms with E-state index in [0.717, 1.165) is 17.5 Å². The van der Waals surface area contributed by atoms with Crippen molar-refractivity contribution in [1.29, 1.82) is 0 Å². The van der Waals surface area contributed by atoms with Crippen molar-refractivity contribution < 1.29 is 27.4 Å². The van der Waals surface area contributed by atoms with Gasteiger partial charge >= 0.3 is 0 Å². The largest absolute Gasteiger partial charge is 0.489 e. The number of nitrogens with zero attached hydrogens (tertiary/aromatic N) is 3. The number of aromatic nitrogens is 2. The average Bonchev–Trinajstić information content (AvgIpc) is 3.24. The second-order valence-corrected chi connectivity index (χ2v) is 8.86. The molecule has 2 heterocycles. The fourth-order valence-electron chi connectivity index (χ4n) is 3.64. The van der Waals surface area contributed by atoms with Crippen molar-refractivity contribution in [3.8, 4) is 11.6 Å². The quantitative estimate of drug-likeness (QED) is 0.407. The summed E-state index contributed by atoms with van der Waals surface area (Å²) in [6.45, 7) is 8.20. The van der Waals surface area contributed by atoms with Crippen molar-refractivity contribution in [2.75, 3.05) is 24.6 Å². The smallest absolute Gasteiger partial charge is 0.278 e. The molecule has 34 heavy (non-hydrogen) atoms. The summed E-state index contributed by atoms with van der Waals surface area (Å²) in [4.78, 5) is 21.6. The summed E-state index contributed by atoms with van der Waals surface area (Å²) >= 11 is 0. The number of halogens is 3. The van der Waals surface area contributed by atoms with Crippen LogP contribution in [0.3, 0.4) is 0 Å². The average molecular weight is 478 g/mol. The van der Waals surface area contributed by atoms with Gasteiger partial charge in [0.25, 0.3) is 11.8 Å². The molecule has 0 spiro atoms. The highest BCUT2D eigenvalue weighted by molar-refractivity contribution is 5.85. The van der Waals surface area contributed by atoms with Gasteiger partial charge in [-0.2, -0.15) is 9.37 Å². The molecule has 6 nitrogen and oxygen atoms in total. The molecule has 0 bridgehead atoms. The molecule has 1 fully saturated rings. The van der Waals surface area contributed by atoms with Gasteiger partial charge in [0.1, 0.15) is 24.0 Å². The van der Waals surface area contributed by atoms with Crippen LogP contribution in [0.1, 0.15) is 51.5 Å². The normalized spacial score (nSPS) is 16.9. The van der Waals surface area contributed by atoms with Crippen molar-refractivity contribution in [2.24, 2.45) is 0 Å². The highest BCUT2D eigenvalue weighted by Crippen LogP contribution is 2.29. The summed E-state index contributed by atoms with van der Waals surface area (Å²) in [6, 6.07) is 7.40. The molecule has 0 aliphatic carbocycles. The van der Waals surface area contributed by atoms with Crippen molar-refractivity contribution in [2.45, 2.75) is 58.0 Å². The first-order valence-electron chi connectivity index (χ1n) is 11.2. The minimum Gasteiger partial charge on any atom is -0.489 e. The predicted octanol–water partition coefficient (Wildman–Crippen LogP) is 5.34. The lowest BCUT2D eigenvalue weighted by Gasteiger charge is -2.20. The Hall–Kier alpha value is -3.10. The van der Waals surface area contributed by atoms with Gasteiger partial charge in [-0.1, -0.05) is 24.6 Å². The van der Waals surface area contributed by atoms with Crippen LogP contribution in [-0.2, 0) is 4.79 Å². The summed E-state index contributed by atoms with van der Waals surface area (Å²) in [5.74, 6) is -3.88. The number of carbonyl (C=O) groups excluding carboxylic acids is 1. The number of rotatable bonds is 11. The van der Waals surface area contributed by atoms with Gasteiger partial charge in [0.15, 0.2) is 12.4 Å². The van der Waals surface area contributed by atoms with E-state index in [9.17, 15) is 18.0 Å². The molecule has 9 heteroatoms. The van der Waals surface area contributed by atoms with Gasteiger partial charge in [0, 0.05) is 32.2 Å². The van der Waals surface area contributed by atoms with Crippen LogP contribution >= 0.6 is 0 Å². The third-order valence-electron chi connectivity index (χ3n) is 5.61. The van der Waals surface area contributed by atoms with E-state index in [-0.39, 0.29) is 23.6 Å². The number of hydrogen-bond donors (Lipinski definition) is 0. The molecule has 1 aliphatic rings. The SMILES string of the molecule is C=C(C)CCC(=O)C(C)c1ccc(O[C@@H]2CCN(c3ncnc(OCC(C)(F)F)c3F)C2)cc1. The molecule has 1 aliphatic heterocycles. The van der Waals surface area contributed by atoms with Crippen molar-refractivity contribution in [3.05, 3.63) is 54.1 Å². The first-order valence-corrected chi connectivity index (χ1v) is 11.2. The molecule has 1 aromatic carbocycles. The molecule has 0 radical (unpaired) electrons. The topological polar surface area (TPSA) is 64.5 Å². The van der Waals surface area contributed by atoms with Crippen molar-refractivity contribution >= 4 is 11.6 Å². The Kier molecular flexibility index (Phi) is 8.17. The molecule has 1 aromatic heterocycles. The summed E-state index contributed by atoms with van der Waals surface area (Å²) in [7, 11) is 0. The van der Waals surface area contributed by atoms with Gasteiger partial charge in [-0.05, 0) is 31.0 Å². The van der Waals surface area contributed by atoms with Gasteiger partial charge in [-0.3, -0.25) is 4.79 Å². The number of ketones is 1. The molecule has 2 atom stereocenters. The van der Waals surface area contributed by atoms with Gasteiger partial charge in [0.2, 0.25) is 5.82 Å². The lowest BCUT2D eigenvalue weighted by Crippen LogP contribution is -2.27. The molecule has 3 rings (SSSR count). The van der Waals surface area contributed by atoms with E-state index >= 15 is 0 Å². The lowest BCUT2D eigenvalue weighted by atomic mass is 9.93. The Morgan fingerprint density at radius 3 is 2.62 bits per heavy atom. The third-order valence-corrected chi connectivity index (χ3v) is 5.61. The van der Waals surface area contributed by atoms with E-state index in [1.807, 2.05) is 38.1 Å². The Balaban J connectivity index is 1.57. The minimum absolute atomic E-state index is 0.00651. The fourth-order valence-corrected chi connectivity index (χ4v) is 3.64. The van der Waals surface area contributed by atoms with Gasteiger partial charge < -0.3 is 14.4 Å². The number of ether oxygens (including phenoxy) is 2. The molecule has 1 saturated heterocycles. The second-order valence-electron chi connectivity index (χ2n) is 8.86. The third kappa shape index (κ3) is 6.95. The maximum atomic E-state index is 14.7. The number of benzene rings is 1. The van der Waals surface area contributed by atoms with Crippen molar-refractivity contribution in [1.82, 2.24) is 9.97 Å². The summed E-state index contributed by atoms with van der Waals surface area (Å²) in [5, 5.41) is 0. The van der Waals surface area contributed by atoms with Crippen LogP contribution in [-0.4, -0.2) is 47.5 Å². The number of carbonyl (C=O) groups is 1. The van der Waals surface area contributed by atoms with Gasteiger partial charge in [-0.25, -0.2) is 13.8 Å². The Morgan fingerprint density at radius 2 is 1.97 bits per heavy atom. The summed E-state index contributed by atoms with van der Waals surface area (Å²) in [5.41, 5.74) is 1.91. The second kappa shape index (κ2) is 10.9. The summed E-state index contributed by atoms with van der Waals surface area (Å²) < 4.78 is 51.7. The van der Waals surface area contributed by atoms with E-state index in [0.29, 0.717) is 45.0 Å². The molecule has 0 N–H and O–H groups in total. The maximum Gasteiger partial charge on any atom is 0.278 e.